The smallest absolute Gasteiger partial charge is 0.285 e. The van der Waals surface area contributed by atoms with E-state index in [9.17, 15) is 9.59 Å². The van der Waals surface area contributed by atoms with Crippen molar-refractivity contribution < 1.29 is 19.1 Å². The molecule has 1 aliphatic rings. The van der Waals surface area contributed by atoms with Gasteiger partial charge in [0, 0.05) is 5.56 Å². The highest BCUT2D eigenvalue weighted by Crippen LogP contribution is 2.34. The molecule has 1 heterocycles. The summed E-state index contributed by atoms with van der Waals surface area (Å²) in [5.74, 6) is 0.488. The van der Waals surface area contributed by atoms with E-state index in [1.807, 2.05) is 58.0 Å². The minimum Gasteiger partial charge on any atom is -0.490 e. The summed E-state index contributed by atoms with van der Waals surface area (Å²) in [6, 6.07) is 12.6. The van der Waals surface area contributed by atoms with Gasteiger partial charge in [-0.15, -0.1) is 0 Å². The van der Waals surface area contributed by atoms with Gasteiger partial charge in [0.25, 0.3) is 11.8 Å². The predicted octanol–water partition coefficient (Wildman–Crippen LogP) is 4.73. The lowest BCUT2D eigenvalue weighted by Crippen LogP contribution is -2.45. The van der Waals surface area contributed by atoms with Crippen molar-refractivity contribution in [1.82, 2.24) is 10.4 Å². The Labute approximate surface area is 191 Å². The van der Waals surface area contributed by atoms with Gasteiger partial charge in [-0.2, -0.15) is 5.01 Å². The number of nitrogens with one attached hydrogen (secondary N) is 1. The zero-order chi connectivity index (χ0) is 22.5. The van der Waals surface area contributed by atoms with Gasteiger partial charge in [-0.1, -0.05) is 36.0 Å². The number of thiocarbonyl (C=S) groups is 1. The number of ether oxygens (including phenoxy) is 2. The zero-order valence-electron chi connectivity index (χ0n) is 17.8. The Morgan fingerprint density at radius 3 is 2.65 bits per heavy atom. The van der Waals surface area contributed by atoms with E-state index in [4.69, 9.17) is 21.7 Å². The Kier molecular flexibility index (Phi) is 7.35. The topological polar surface area (TPSA) is 67.9 Å². The van der Waals surface area contributed by atoms with E-state index in [1.54, 1.807) is 18.2 Å². The van der Waals surface area contributed by atoms with Crippen LogP contribution in [0.3, 0.4) is 0 Å². The van der Waals surface area contributed by atoms with Crippen LogP contribution >= 0.6 is 24.0 Å². The zero-order valence-corrected chi connectivity index (χ0v) is 19.4. The number of hydrogen-bond acceptors (Lipinski definition) is 6. The first-order valence-electron chi connectivity index (χ1n) is 9.88. The summed E-state index contributed by atoms with van der Waals surface area (Å²) in [7, 11) is 0. The molecule has 0 atom stereocenters. The van der Waals surface area contributed by atoms with Crippen LogP contribution in [0, 0.1) is 6.92 Å². The van der Waals surface area contributed by atoms with Gasteiger partial charge < -0.3 is 9.47 Å². The summed E-state index contributed by atoms with van der Waals surface area (Å²) >= 11 is 6.45. The molecule has 2 aromatic carbocycles. The fraction of sp³-hybridized carbons (Fsp3) is 0.261. The fourth-order valence-electron chi connectivity index (χ4n) is 2.94. The van der Waals surface area contributed by atoms with E-state index in [-0.39, 0.29) is 22.2 Å². The maximum Gasteiger partial charge on any atom is 0.285 e. The molecule has 1 N–H and O–H groups in total. The van der Waals surface area contributed by atoms with E-state index in [2.05, 4.69) is 5.43 Å². The highest BCUT2D eigenvalue weighted by Gasteiger charge is 2.34. The van der Waals surface area contributed by atoms with Crippen LogP contribution in [0.4, 0.5) is 0 Å². The van der Waals surface area contributed by atoms with Crippen LogP contribution in [0.15, 0.2) is 47.4 Å². The molecule has 0 aromatic heterocycles. The van der Waals surface area contributed by atoms with Gasteiger partial charge in [0.1, 0.15) is 0 Å². The van der Waals surface area contributed by atoms with Crippen molar-refractivity contribution in [2.24, 2.45) is 0 Å². The monoisotopic (exact) mass is 456 g/mol. The molecular formula is C23H24N2O4S2. The Morgan fingerprint density at radius 2 is 1.97 bits per heavy atom. The number of aryl methyl sites for hydroxylation is 1. The normalized spacial score (nSPS) is 15.0. The Morgan fingerprint density at radius 1 is 1.23 bits per heavy atom. The Balaban J connectivity index is 1.80. The molecule has 0 radical (unpaired) electrons. The largest absolute Gasteiger partial charge is 0.490 e. The van der Waals surface area contributed by atoms with E-state index in [1.165, 1.54) is 0 Å². The van der Waals surface area contributed by atoms with Crippen LogP contribution in [-0.2, 0) is 4.79 Å². The molecule has 0 bridgehead atoms. The molecule has 162 valence electrons. The van der Waals surface area contributed by atoms with E-state index in [0.29, 0.717) is 28.6 Å². The number of carbonyl (C=O) groups is 2. The first-order chi connectivity index (χ1) is 14.8. The molecule has 31 heavy (non-hydrogen) atoms. The number of amides is 2. The van der Waals surface area contributed by atoms with Crippen LogP contribution in [0.5, 0.6) is 11.5 Å². The van der Waals surface area contributed by atoms with Gasteiger partial charge in [0.15, 0.2) is 15.8 Å². The molecule has 1 fully saturated rings. The van der Waals surface area contributed by atoms with Crippen molar-refractivity contribution in [2.45, 2.75) is 33.8 Å². The number of benzene rings is 2. The first kappa shape index (κ1) is 22.8. The van der Waals surface area contributed by atoms with Gasteiger partial charge in [-0.25, -0.2) is 0 Å². The quantitative estimate of drug-likeness (QED) is 0.480. The average Bonchev–Trinajstić information content (AvgIpc) is 2.97. The maximum absolute atomic E-state index is 12.9. The molecule has 0 saturated carbocycles. The van der Waals surface area contributed by atoms with Gasteiger partial charge in [0.2, 0.25) is 0 Å². The second-order valence-electron chi connectivity index (χ2n) is 7.08. The van der Waals surface area contributed by atoms with Crippen LogP contribution in [-0.4, -0.2) is 33.9 Å². The van der Waals surface area contributed by atoms with Crippen molar-refractivity contribution in [3.63, 3.8) is 0 Å². The Bertz CT molecular complexity index is 1050. The number of thioether (sulfide) groups is 1. The van der Waals surface area contributed by atoms with E-state index < -0.39 is 0 Å². The molecule has 2 aromatic rings. The summed E-state index contributed by atoms with van der Waals surface area (Å²) in [6.07, 6.45) is 1.74. The SMILES string of the molecule is CCOc1cc(/C=C2\SC(=S)N(NC(=O)c3ccccc3C)C2=O)ccc1OC(C)C. The van der Waals surface area contributed by atoms with Crippen LogP contribution < -0.4 is 14.9 Å². The molecule has 2 amide bonds. The molecule has 1 aliphatic heterocycles. The molecule has 0 spiro atoms. The van der Waals surface area contributed by atoms with Crippen molar-refractivity contribution in [1.29, 1.82) is 0 Å². The highest BCUT2D eigenvalue weighted by molar-refractivity contribution is 8.26. The number of hydrogen-bond donors (Lipinski definition) is 1. The highest BCUT2D eigenvalue weighted by atomic mass is 32.2. The molecule has 0 aliphatic carbocycles. The summed E-state index contributed by atoms with van der Waals surface area (Å²) < 4.78 is 11.7. The van der Waals surface area contributed by atoms with Crippen LogP contribution in [0.25, 0.3) is 6.08 Å². The second-order valence-corrected chi connectivity index (χ2v) is 8.75. The van der Waals surface area contributed by atoms with E-state index in [0.717, 1.165) is 27.9 Å². The van der Waals surface area contributed by atoms with Gasteiger partial charge in [0.05, 0.1) is 17.6 Å². The lowest BCUT2D eigenvalue weighted by atomic mass is 10.1. The Hall–Kier alpha value is -2.84. The van der Waals surface area contributed by atoms with Gasteiger partial charge in [-0.3, -0.25) is 15.0 Å². The number of hydrazine groups is 1. The van der Waals surface area contributed by atoms with Crippen molar-refractivity contribution in [3.05, 3.63) is 64.1 Å². The average molecular weight is 457 g/mol. The molecule has 8 heteroatoms. The summed E-state index contributed by atoms with van der Waals surface area (Å²) in [5.41, 5.74) is 4.68. The van der Waals surface area contributed by atoms with Crippen LogP contribution in [0.1, 0.15) is 42.3 Å². The van der Waals surface area contributed by atoms with Gasteiger partial charge in [-0.05, 0) is 75.3 Å². The van der Waals surface area contributed by atoms with Gasteiger partial charge >= 0.3 is 0 Å². The summed E-state index contributed by atoms with van der Waals surface area (Å²) in [5, 5.41) is 1.11. The second kappa shape index (κ2) is 9.98. The third-order valence-corrected chi connectivity index (χ3v) is 5.63. The minimum absolute atomic E-state index is 0.0122. The molecular weight excluding hydrogens is 432 g/mol. The fourth-order valence-corrected chi connectivity index (χ4v) is 4.12. The number of nitrogens with zero attached hydrogens (tertiary/aromatic N) is 1. The summed E-state index contributed by atoms with van der Waals surface area (Å²) in [4.78, 5) is 25.9. The lowest BCUT2D eigenvalue weighted by molar-refractivity contribution is -0.123. The van der Waals surface area contributed by atoms with Crippen molar-refractivity contribution in [2.75, 3.05) is 6.61 Å². The molecule has 0 unspecified atom stereocenters. The molecule has 1 saturated heterocycles. The standard InChI is InChI=1S/C23H24N2O4S2/c1-5-28-19-12-16(10-11-18(19)29-14(2)3)13-20-22(27)25(23(30)31-20)24-21(26)17-9-7-6-8-15(17)4/h6-14H,5H2,1-4H3,(H,24,26)/b20-13-. The van der Waals surface area contributed by atoms with E-state index >= 15 is 0 Å². The first-order valence-corrected chi connectivity index (χ1v) is 11.1. The third kappa shape index (κ3) is 5.45. The van der Waals surface area contributed by atoms with Crippen molar-refractivity contribution in [3.8, 4) is 11.5 Å². The number of rotatable bonds is 7. The number of carbonyl (C=O) groups excluding carboxylic acids is 2. The van der Waals surface area contributed by atoms with Crippen molar-refractivity contribution >= 4 is 46.2 Å². The minimum atomic E-state index is -0.385. The lowest BCUT2D eigenvalue weighted by Gasteiger charge is -2.16. The van der Waals surface area contributed by atoms with Crippen LogP contribution in [0.2, 0.25) is 0 Å². The molecule has 6 nitrogen and oxygen atoms in total. The molecule has 3 rings (SSSR count). The maximum atomic E-state index is 12.9. The summed E-state index contributed by atoms with van der Waals surface area (Å²) in [6.45, 7) is 8.11. The predicted molar refractivity (Wildman–Crippen MR) is 127 cm³/mol. The third-order valence-electron chi connectivity index (χ3n) is 4.32.